The third-order valence-electron chi connectivity index (χ3n) is 1.06. The Hall–Kier alpha value is -0.520. The number of nitrogens with zero attached hydrogens (tertiary/aromatic N) is 2. The monoisotopic (exact) mass is 214 g/mol. The van der Waals surface area contributed by atoms with E-state index in [-0.39, 0.29) is 11.9 Å². The molecule has 0 heterocycles. The van der Waals surface area contributed by atoms with Gasteiger partial charge in [0.05, 0.1) is 11.9 Å². The van der Waals surface area contributed by atoms with E-state index in [1.54, 1.807) is 32.1 Å². The van der Waals surface area contributed by atoms with Gasteiger partial charge < -0.3 is 9.21 Å². The summed E-state index contributed by atoms with van der Waals surface area (Å²) >= 11 is -0.136. The fraction of sp³-hybridized carbons (Fsp3) is 0.714. The summed E-state index contributed by atoms with van der Waals surface area (Å²) in [4.78, 5) is 1.68. The van der Waals surface area contributed by atoms with Gasteiger partial charge in [-0.15, -0.1) is 0 Å². The molecular formula is C7H13F3N2S. The van der Waals surface area contributed by atoms with Gasteiger partial charge in [-0.3, -0.25) is 0 Å². The van der Waals surface area contributed by atoms with Crippen LogP contribution in [-0.4, -0.2) is 35.4 Å². The molecule has 0 aromatic rings. The maximum atomic E-state index is 11.9. The topological polar surface area (TPSA) is 6.48 Å². The summed E-state index contributed by atoms with van der Waals surface area (Å²) in [6.45, 7) is 1.98. The van der Waals surface area contributed by atoms with Gasteiger partial charge in [0.2, 0.25) is 0 Å². The fourth-order valence-electron chi connectivity index (χ4n) is 0.541. The first-order chi connectivity index (χ1) is 5.85. The number of rotatable bonds is 4. The average Bonchev–Trinajstić information content (AvgIpc) is 1.95. The highest BCUT2D eigenvalue weighted by molar-refractivity contribution is 7.97. The van der Waals surface area contributed by atoms with Crippen molar-refractivity contribution in [2.75, 3.05) is 20.6 Å². The van der Waals surface area contributed by atoms with Crippen molar-refractivity contribution in [3.05, 3.63) is 12.4 Å². The van der Waals surface area contributed by atoms with Gasteiger partial charge in [-0.1, -0.05) is 0 Å². The zero-order valence-corrected chi connectivity index (χ0v) is 8.61. The van der Waals surface area contributed by atoms with E-state index in [1.165, 1.54) is 6.20 Å². The smallest absolute Gasteiger partial charge is 0.382 e. The second-order valence-corrected chi connectivity index (χ2v) is 3.65. The van der Waals surface area contributed by atoms with Crippen LogP contribution >= 0.6 is 11.9 Å². The van der Waals surface area contributed by atoms with Gasteiger partial charge in [0.15, 0.2) is 0 Å². The first-order valence-electron chi connectivity index (χ1n) is 3.72. The molecule has 0 saturated heterocycles. The summed E-state index contributed by atoms with van der Waals surface area (Å²) < 4.78 is 36.8. The quantitative estimate of drug-likeness (QED) is 0.664. The Morgan fingerprint density at radius 1 is 1.23 bits per heavy atom. The van der Waals surface area contributed by atoms with E-state index in [4.69, 9.17) is 0 Å². The SMILES string of the molecule is CCN(/C=C\N(C)C)SC(F)(F)F. The summed E-state index contributed by atoms with van der Waals surface area (Å²) in [7, 11) is 3.51. The Morgan fingerprint density at radius 3 is 2.08 bits per heavy atom. The maximum Gasteiger partial charge on any atom is 0.461 e. The molecule has 0 aromatic carbocycles. The van der Waals surface area contributed by atoms with E-state index in [2.05, 4.69) is 0 Å². The van der Waals surface area contributed by atoms with Crippen molar-refractivity contribution in [1.29, 1.82) is 0 Å². The van der Waals surface area contributed by atoms with Gasteiger partial charge in [0, 0.05) is 33.0 Å². The lowest BCUT2D eigenvalue weighted by Gasteiger charge is -2.18. The maximum absolute atomic E-state index is 11.9. The third kappa shape index (κ3) is 7.83. The molecular weight excluding hydrogens is 201 g/mol. The molecule has 0 saturated carbocycles. The van der Waals surface area contributed by atoms with E-state index >= 15 is 0 Å². The first kappa shape index (κ1) is 12.5. The number of hydrogen-bond donors (Lipinski definition) is 0. The van der Waals surface area contributed by atoms with Crippen molar-refractivity contribution in [3.63, 3.8) is 0 Å². The second kappa shape index (κ2) is 5.26. The predicted octanol–water partition coefficient (Wildman–Crippen LogP) is 2.51. The molecule has 0 fully saturated rings. The minimum atomic E-state index is -4.22. The van der Waals surface area contributed by atoms with Crippen LogP contribution in [0.25, 0.3) is 0 Å². The van der Waals surface area contributed by atoms with Crippen LogP contribution < -0.4 is 0 Å². The Bertz CT molecular complexity index is 168. The molecule has 0 aliphatic carbocycles. The number of alkyl halides is 3. The lowest BCUT2D eigenvalue weighted by Crippen LogP contribution is -2.16. The van der Waals surface area contributed by atoms with Crippen LogP contribution in [0.4, 0.5) is 13.2 Å². The summed E-state index contributed by atoms with van der Waals surface area (Å²) in [5, 5.41) is 0. The van der Waals surface area contributed by atoms with Crippen LogP contribution in [0.15, 0.2) is 12.4 Å². The van der Waals surface area contributed by atoms with Crippen LogP contribution in [-0.2, 0) is 0 Å². The molecule has 0 aliphatic rings. The zero-order valence-electron chi connectivity index (χ0n) is 7.80. The first-order valence-corrected chi connectivity index (χ1v) is 4.49. The fourth-order valence-corrected chi connectivity index (χ4v) is 1.05. The molecule has 13 heavy (non-hydrogen) atoms. The summed E-state index contributed by atoms with van der Waals surface area (Å²) in [6, 6.07) is 0. The van der Waals surface area contributed by atoms with E-state index in [1.807, 2.05) is 0 Å². The molecule has 78 valence electrons. The molecule has 2 nitrogen and oxygen atoms in total. The van der Waals surface area contributed by atoms with Gasteiger partial charge in [-0.2, -0.15) is 13.2 Å². The highest BCUT2D eigenvalue weighted by atomic mass is 32.2. The molecule has 0 aliphatic heterocycles. The Balaban J connectivity index is 4.04. The Morgan fingerprint density at radius 2 is 1.77 bits per heavy atom. The van der Waals surface area contributed by atoms with E-state index < -0.39 is 5.51 Å². The molecule has 0 rings (SSSR count). The van der Waals surface area contributed by atoms with Gasteiger partial charge in [0.1, 0.15) is 0 Å². The average molecular weight is 214 g/mol. The highest BCUT2D eigenvalue weighted by Crippen LogP contribution is 2.33. The van der Waals surface area contributed by atoms with Gasteiger partial charge in [-0.05, 0) is 6.92 Å². The Kier molecular flexibility index (Phi) is 5.05. The predicted molar refractivity (Wildman–Crippen MR) is 48.9 cm³/mol. The molecule has 0 unspecified atom stereocenters. The molecule has 0 radical (unpaired) electrons. The van der Waals surface area contributed by atoms with Crippen molar-refractivity contribution >= 4 is 11.9 Å². The van der Waals surface area contributed by atoms with Gasteiger partial charge >= 0.3 is 5.51 Å². The van der Waals surface area contributed by atoms with Crippen LogP contribution in [0.1, 0.15) is 6.92 Å². The third-order valence-corrected chi connectivity index (χ3v) is 1.88. The van der Waals surface area contributed by atoms with Crippen molar-refractivity contribution < 1.29 is 13.2 Å². The van der Waals surface area contributed by atoms with E-state index in [0.29, 0.717) is 6.54 Å². The van der Waals surface area contributed by atoms with E-state index in [9.17, 15) is 13.2 Å². The van der Waals surface area contributed by atoms with E-state index in [0.717, 1.165) is 4.31 Å². The zero-order chi connectivity index (χ0) is 10.5. The van der Waals surface area contributed by atoms with Crippen LogP contribution in [0.3, 0.4) is 0 Å². The molecule has 0 amide bonds. The normalized spacial score (nSPS) is 12.2. The molecule has 0 N–H and O–H groups in total. The van der Waals surface area contributed by atoms with Crippen LogP contribution in [0.5, 0.6) is 0 Å². The lowest BCUT2D eigenvalue weighted by atomic mass is 10.7. The number of hydrogen-bond acceptors (Lipinski definition) is 3. The molecule has 0 aromatic heterocycles. The second-order valence-electron chi connectivity index (χ2n) is 2.53. The van der Waals surface area contributed by atoms with Crippen molar-refractivity contribution in [3.8, 4) is 0 Å². The van der Waals surface area contributed by atoms with Crippen molar-refractivity contribution in [2.45, 2.75) is 12.4 Å². The lowest BCUT2D eigenvalue weighted by molar-refractivity contribution is -0.0354. The van der Waals surface area contributed by atoms with Crippen molar-refractivity contribution in [2.24, 2.45) is 0 Å². The standard InChI is InChI=1S/C7H13F3N2S/c1-4-12(6-5-11(2)3)13-7(8,9)10/h5-6H,4H2,1-3H3/b6-5-. The minimum Gasteiger partial charge on any atom is -0.382 e. The summed E-state index contributed by atoms with van der Waals surface area (Å²) in [5.74, 6) is 0. The van der Waals surface area contributed by atoms with Crippen LogP contribution in [0.2, 0.25) is 0 Å². The molecule has 0 bridgehead atoms. The summed E-state index contributed by atoms with van der Waals surface area (Å²) in [6.07, 6.45) is 2.97. The summed E-state index contributed by atoms with van der Waals surface area (Å²) in [5.41, 5.74) is -4.22. The van der Waals surface area contributed by atoms with Gasteiger partial charge in [-0.25, -0.2) is 0 Å². The van der Waals surface area contributed by atoms with Gasteiger partial charge in [0.25, 0.3) is 0 Å². The molecule has 0 atom stereocenters. The molecule has 0 spiro atoms. The largest absolute Gasteiger partial charge is 0.461 e. The van der Waals surface area contributed by atoms with Crippen molar-refractivity contribution in [1.82, 2.24) is 9.21 Å². The highest BCUT2D eigenvalue weighted by Gasteiger charge is 2.31. The molecule has 6 heteroatoms. The Labute approximate surface area is 80.5 Å². The number of halogens is 3. The van der Waals surface area contributed by atoms with Crippen LogP contribution in [0, 0.1) is 0 Å². The minimum absolute atomic E-state index is 0.136.